The van der Waals surface area contributed by atoms with Crippen LogP contribution in [0.3, 0.4) is 0 Å². The zero-order valence-electron chi connectivity index (χ0n) is 8.30. The van der Waals surface area contributed by atoms with E-state index in [2.05, 4.69) is 9.05 Å². The van der Waals surface area contributed by atoms with E-state index in [0.717, 1.165) is 0 Å². The first-order valence-corrected chi connectivity index (χ1v) is 7.71. The smallest absolute Gasteiger partial charge is 0.303 e. The molecular weight excluding hydrogens is 262 g/mol. The molecule has 16 heavy (non-hydrogen) atoms. The first-order valence-electron chi connectivity index (χ1n) is 4.65. The molecule has 0 spiro atoms. The summed E-state index contributed by atoms with van der Waals surface area (Å²) < 4.78 is 30.1. The molecule has 1 rings (SSSR count). The van der Waals surface area contributed by atoms with E-state index in [0.29, 0.717) is 25.7 Å². The standard InChI is InChI=1S/C6H14O8P2/c7-15(8,9)13-5-3-1-2-4-6(5)14-16(10,11)12/h5-6H,1-4H2,(H2,7,8,9)(H2,10,11,12)/t5-,6-/m0/s1. The minimum absolute atomic E-state index is 0.301. The van der Waals surface area contributed by atoms with Crippen LogP contribution in [0.15, 0.2) is 0 Å². The van der Waals surface area contributed by atoms with Crippen molar-refractivity contribution in [2.24, 2.45) is 0 Å². The Morgan fingerprint density at radius 2 is 1.12 bits per heavy atom. The Hall–Kier alpha value is 0.220. The van der Waals surface area contributed by atoms with Crippen molar-refractivity contribution in [2.75, 3.05) is 0 Å². The summed E-state index contributed by atoms with van der Waals surface area (Å²) in [5, 5.41) is 0. The van der Waals surface area contributed by atoms with Crippen LogP contribution in [-0.4, -0.2) is 31.8 Å². The number of phosphoric ester groups is 2. The number of phosphoric acid groups is 2. The normalized spacial score (nSPS) is 28.0. The molecule has 4 N–H and O–H groups in total. The maximum Gasteiger partial charge on any atom is 0.469 e. The van der Waals surface area contributed by atoms with Gasteiger partial charge >= 0.3 is 15.6 Å². The maximum atomic E-state index is 10.6. The summed E-state index contributed by atoms with van der Waals surface area (Å²) >= 11 is 0. The number of rotatable bonds is 4. The lowest BCUT2D eigenvalue weighted by atomic mass is 9.95. The van der Waals surface area contributed by atoms with Crippen molar-refractivity contribution < 1.29 is 37.8 Å². The molecule has 0 saturated heterocycles. The van der Waals surface area contributed by atoms with Crippen LogP contribution in [0.1, 0.15) is 25.7 Å². The van der Waals surface area contributed by atoms with Crippen LogP contribution in [0.25, 0.3) is 0 Å². The quantitative estimate of drug-likeness (QED) is 0.546. The van der Waals surface area contributed by atoms with Gasteiger partial charge < -0.3 is 19.6 Å². The zero-order chi connectivity index (χ0) is 12.4. The number of hydrogen-bond acceptors (Lipinski definition) is 4. The fourth-order valence-corrected chi connectivity index (χ4v) is 2.84. The molecule has 0 aromatic rings. The first-order chi connectivity index (χ1) is 7.17. The van der Waals surface area contributed by atoms with Gasteiger partial charge in [0.25, 0.3) is 0 Å². The monoisotopic (exact) mass is 276 g/mol. The molecule has 10 heteroatoms. The molecule has 0 unspecified atom stereocenters. The molecule has 96 valence electrons. The zero-order valence-corrected chi connectivity index (χ0v) is 10.1. The Balaban J connectivity index is 2.64. The molecule has 0 amide bonds. The Bertz CT molecular complexity index is 286. The Kier molecular flexibility index (Phi) is 4.68. The van der Waals surface area contributed by atoms with Crippen molar-refractivity contribution in [3.63, 3.8) is 0 Å². The Morgan fingerprint density at radius 1 is 0.812 bits per heavy atom. The minimum Gasteiger partial charge on any atom is -0.303 e. The van der Waals surface area contributed by atoms with Gasteiger partial charge in [-0.1, -0.05) is 12.8 Å². The summed E-state index contributed by atoms with van der Waals surface area (Å²) in [6, 6.07) is 0. The molecule has 0 aliphatic heterocycles. The summed E-state index contributed by atoms with van der Waals surface area (Å²) in [4.78, 5) is 34.5. The van der Waals surface area contributed by atoms with E-state index >= 15 is 0 Å². The van der Waals surface area contributed by atoms with Crippen molar-refractivity contribution in [3.05, 3.63) is 0 Å². The molecule has 1 aliphatic carbocycles. The van der Waals surface area contributed by atoms with Crippen LogP contribution >= 0.6 is 15.6 Å². The second kappa shape index (κ2) is 5.25. The van der Waals surface area contributed by atoms with Crippen LogP contribution in [0.5, 0.6) is 0 Å². The van der Waals surface area contributed by atoms with Crippen LogP contribution < -0.4 is 0 Å². The van der Waals surface area contributed by atoms with E-state index in [4.69, 9.17) is 19.6 Å². The van der Waals surface area contributed by atoms with Gasteiger partial charge in [-0.05, 0) is 12.8 Å². The fourth-order valence-electron chi connectivity index (χ4n) is 1.66. The van der Waals surface area contributed by atoms with E-state index < -0.39 is 27.9 Å². The molecule has 1 fully saturated rings. The Morgan fingerprint density at radius 3 is 1.38 bits per heavy atom. The SMILES string of the molecule is O=P(O)(O)O[C@H]1CCCC[C@@H]1OP(=O)(O)O. The summed E-state index contributed by atoms with van der Waals surface area (Å²) in [7, 11) is -9.34. The van der Waals surface area contributed by atoms with E-state index in [1.807, 2.05) is 0 Å². The third-order valence-electron chi connectivity index (χ3n) is 2.19. The molecule has 0 bridgehead atoms. The van der Waals surface area contributed by atoms with Crippen LogP contribution in [-0.2, 0) is 18.2 Å². The van der Waals surface area contributed by atoms with E-state index in [1.165, 1.54) is 0 Å². The lowest BCUT2D eigenvalue weighted by Crippen LogP contribution is -2.33. The van der Waals surface area contributed by atoms with Gasteiger partial charge in [0.1, 0.15) is 0 Å². The van der Waals surface area contributed by atoms with Gasteiger partial charge in [0.2, 0.25) is 0 Å². The predicted octanol–water partition coefficient (Wildman–Crippen LogP) is 0.516. The highest BCUT2D eigenvalue weighted by molar-refractivity contribution is 7.46. The fraction of sp³-hybridized carbons (Fsp3) is 1.00. The van der Waals surface area contributed by atoms with Gasteiger partial charge in [-0.3, -0.25) is 9.05 Å². The van der Waals surface area contributed by atoms with E-state index in [-0.39, 0.29) is 0 Å². The van der Waals surface area contributed by atoms with Gasteiger partial charge in [-0.2, -0.15) is 0 Å². The summed E-state index contributed by atoms with van der Waals surface area (Å²) in [5.74, 6) is 0. The second-order valence-electron chi connectivity index (χ2n) is 3.55. The average Bonchev–Trinajstić information content (AvgIpc) is 2.03. The largest absolute Gasteiger partial charge is 0.469 e. The van der Waals surface area contributed by atoms with Crippen molar-refractivity contribution in [1.82, 2.24) is 0 Å². The van der Waals surface area contributed by atoms with Gasteiger partial charge in [-0.15, -0.1) is 0 Å². The second-order valence-corrected chi connectivity index (χ2v) is 5.94. The van der Waals surface area contributed by atoms with Crippen LogP contribution in [0.2, 0.25) is 0 Å². The van der Waals surface area contributed by atoms with Crippen LogP contribution in [0.4, 0.5) is 0 Å². The topological polar surface area (TPSA) is 134 Å². The third-order valence-corrected chi connectivity index (χ3v) is 3.28. The Labute approximate surface area is 92.1 Å². The molecule has 2 atom stereocenters. The molecule has 0 aromatic heterocycles. The highest BCUT2D eigenvalue weighted by Crippen LogP contribution is 2.46. The van der Waals surface area contributed by atoms with Gasteiger partial charge in [-0.25, -0.2) is 9.13 Å². The van der Waals surface area contributed by atoms with Crippen molar-refractivity contribution in [2.45, 2.75) is 37.9 Å². The highest BCUT2D eigenvalue weighted by Gasteiger charge is 2.36. The molecular formula is C6H14O8P2. The minimum atomic E-state index is -4.67. The van der Waals surface area contributed by atoms with E-state index in [1.54, 1.807) is 0 Å². The third kappa shape index (κ3) is 5.52. The number of hydrogen-bond donors (Lipinski definition) is 4. The molecule has 8 nitrogen and oxygen atoms in total. The lowest BCUT2D eigenvalue weighted by molar-refractivity contribution is -0.00901. The van der Waals surface area contributed by atoms with Gasteiger partial charge in [0, 0.05) is 0 Å². The molecule has 0 radical (unpaired) electrons. The summed E-state index contributed by atoms with van der Waals surface area (Å²) in [6.07, 6.45) is -0.0208. The van der Waals surface area contributed by atoms with Crippen molar-refractivity contribution in [3.8, 4) is 0 Å². The predicted molar refractivity (Wildman–Crippen MR) is 52.3 cm³/mol. The van der Waals surface area contributed by atoms with Crippen molar-refractivity contribution >= 4 is 15.6 Å². The van der Waals surface area contributed by atoms with Crippen LogP contribution in [0, 0.1) is 0 Å². The average molecular weight is 276 g/mol. The first kappa shape index (κ1) is 14.3. The summed E-state index contributed by atoms with van der Waals surface area (Å²) in [6.45, 7) is 0. The van der Waals surface area contributed by atoms with Gasteiger partial charge in [0.15, 0.2) is 0 Å². The van der Waals surface area contributed by atoms with E-state index in [9.17, 15) is 9.13 Å². The van der Waals surface area contributed by atoms with Crippen molar-refractivity contribution in [1.29, 1.82) is 0 Å². The molecule has 1 saturated carbocycles. The lowest BCUT2D eigenvalue weighted by Gasteiger charge is -2.30. The molecule has 0 heterocycles. The maximum absolute atomic E-state index is 10.6. The summed E-state index contributed by atoms with van der Waals surface area (Å²) in [5.41, 5.74) is 0. The van der Waals surface area contributed by atoms with Gasteiger partial charge in [0.05, 0.1) is 12.2 Å². The highest BCUT2D eigenvalue weighted by atomic mass is 31.2. The molecule has 0 aromatic carbocycles. The molecule has 1 aliphatic rings.